The van der Waals surface area contributed by atoms with E-state index in [0.29, 0.717) is 6.61 Å². The first-order valence-electron chi connectivity index (χ1n) is 4.76. The number of nitrogens with one attached hydrogen (secondary N) is 1. The van der Waals surface area contributed by atoms with Crippen LogP contribution >= 0.6 is 0 Å². The van der Waals surface area contributed by atoms with Gasteiger partial charge in [0.15, 0.2) is 0 Å². The molecule has 0 aliphatic carbocycles. The van der Waals surface area contributed by atoms with Crippen LogP contribution in [0.4, 0.5) is 0 Å². The third kappa shape index (κ3) is 9.66. The third-order valence-electron chi connectivity index (χ3n) is 1.55. The average Bonchev–Trinajstić information content (AvgIpc) is 2.02. The summed E-state index contributed by atoms with van der Waals surface area (Å²) < 4.78 is 0. The van der Waals surface area contributed by atoms with Crippen molar-refractivity contribution in [3.63, 3.8) is 0 Å². The summed E-state index contributed by atoms with van der Waals surface area (Å²) in [7, 11) is 0. The number of rotatable bonds is 8. The second-order valence-electron chi connectivity index (χ2n) is 3.20. The predicted molar refractivity (Wildman–Crippen MR) is 52.9 cm³/mol. The number of hydrogen-bond acceptors (Lipinski definition) is 2. The van der Waals surface area contributed by atoms with E-state index in [1.807, 2.05) is 6.92 Å². The molecule has 0 spiro atoms. The summed E-state index contributed by atoms with van der Waals surface area (Å²) >= 11 is 0. The van der Waals surface area contributed by atoms with E-state index >= 15 is 0 Å². The van der Waals surface area contributed by atoms with Gasteiger partial charge in [-0.15, -0.1) is 0 Å². The minimum Gasteiger partial charge on any atom is -0.297 e. The van der Waals surface area contributed by atoms with Gasteiger partial charge < -0.3 is 0 Å². The molecule has 0 aliphatic rings. The molecule has 12 heavy (non-hydrogen) atoms. The van der Waals surface area contributed by atoms with Crippen molar-refractivity contribution in [3.05, 3.63) is 12.2 Å². The van der Waals surface area contributed by atoms with Crippen molar-refractivity contribution in [2.24, 2.45) is 0 Å². The highest BCUT2D eigenvalue weighted by atomic mass is 16.6. The summed E-state index contributed by atoms with van der Waals surface area (Å²) in [5, 5.41) is 0. The lowest BCUT2D eigenvalue weighted by atomic mass is 10.2. The van der Waals surface area contributed by atoms with Crippen molar-refractivity contribution in [2.75, 3.05) is 13.2 Å². The van der Waals surface area contributed by atoms with Crippen LogP contribution in [0.3, 0.4) is 0 Å². The van der Waals surface area contributed by atoms with Gasteiger partial charge in [-0.2, -0.15) is 0 Å². The smallest absolute Gasteiger partial charge is 0.0887 e. The number of hydroxylamine groups is 1. The minimum absolute atomic E-state index is 0.619. The molecule has 0 amide bonds. The Bertz CT molecular complexity index is 112. The summed E-state index contributed by atoms with van der Waals surface area (Å²) in [5.41, 5.74) is 3.97. The maximum Gasteiger partial charge on any atom is 0.0887 e. The first-order valence-corrected chi connectivity index (χ1v) is 4.76. The van der Waals surface area contributed by atoms with Gasteiger partial charge in [0.25, 0.3) is 0 Å². The Morgan fingerprint density at radius 3 is 2.67 bits per heavy atom. The fourth-order valence-corrected chi connectivity index (χ4v) is 0.870. The molecule has 1 N–H and O–H groups in total. The van der Waals surface area contributed by atoms with E-state index in [1.165, 1.54) is 25.7 Å². The fraction of sp³-hybridized carbons (Fsp3) is 0.800. The van der Waals surface area contributed by atoms with Crippen molar-refractivity contribution >= 4 is 0 Å². The topological polar surface area (TPSA) is 21.3 Å². The van der Waals surface area contributed by atoms with Gasteiger partial charge in [0.2, 0.25) is 0 Å². The third-order valence-corrected chi connectivity index (χ3v) is 1.55. The molecule has 0 bridgehead atoms. The molecule has 0 aliphatic heterocycles. The lowest BCUT2D eigenvalue weighted by molar-refractivity contribution is 0.0571. The van der Waals surface area contributed by atoms with E-state index in [-0.39, 0.29) is 0 Å². The molecule has 0 atom stereocenters. The van der Waals surface area contributed by atoms with Crippen molar-refractivity contribution < 1.29 is 4.84 Å². The minimum atomic E-state index is 0.619. The van der Waals surface area contributed by atoms with Gasteiger partial charge in [0.1, 0.15) is 0 Å². The molecule has 0 heterocycles. The van der Waals surface area contributed by atoms with E-state index < -0.39 is 0 Å². The standard InChI is InChI=1S/C10H21NO/c1-4-5-6-7-8-11-12-9-10(2)3/h11H,2,4-9H2,1,3H3. The largest absolute Gasteiger partial charge is 0.297 e. The molecule has 0 saturated carbocycles. The normalized spacial score (nSPS) is 10.2. The van der Waals surface area contributed by atoms with Crippen molar-refractivity contribution in [2.45, 2.75) is 39.5 Å². The molecule has 0 unspecified atom stereocenters. The maximum atomic E-state index is 5.13. The molecule has 0 rings (SSSR count). The van der Waals surface area contributed by atoms with E-state index in [4.69, 9.17) is 4.84 Å². The lowest BCUT2D eigenvalue weighted by Gasteiger charge is -2.04. The second kappa shape index (κ2) is 8.75. The summed E-state index contributed by atoms with van der Waals surface area (Å²) in [6.45, 7) is 9.48. The van der Waals surface area contributed by atoms with Gasteiger partial charge in [-0.05, 0) is 13.3 Å². The van der Waals surface area contributed by atoms with Gasteiger partial charge in [-0.3, -0.25) is 4.84 Å². The van der Waals surface area contributed by atoms with Crippen molar-refractivity contribution in [1.29, 1.82) is 0 Å². The van der Waals surface area contributed by atoms with E-state index in [2.05, 4.69) is 19.0 Å². The highest BCUT2D eigenvalue weighted by molar-refractivity contribution is 4.86. The van der Waals surface area contributed by atoms with Crippen LogP contribution in [0.1, 0.15) is 39.5 Å². The molecular weight excluding hydrogens is 150 g/mol. The Labute approximate surface area is 76.0 Å². The van der Waals surface area contributed by atoms with Crippen LogP contribution in [-0.2, 0) is 4.84 Å². The average molecular weight is 171 g/mol. The highest BCUT2D eigenvalue weighted by Gasteiger charge is 1.88. The van der Waals surface area contributed by atoms with Gasteiger partial charge in [-0.1, -0.05) is 38.3 Å². The van der Waals surface area contributed by atoms with Crippen molar-refractivity contribution in [3.8, 4) is 0 Å². The van der Waals surface area contributed by atoms with E-state index in [1.54, 1.807) is 0 Å². The van der Waals surface area contributed by atoms with Gasteiger partial charge in [-0.25, -0.2) is 5.48 Å². The van der Waals surface area contributed by atoms with Crippen LogP contribution in [0.2, 0.25) is 0 Å². The summed E-state index contributed by atoms with van der Waals surface area (Å²) in [6, 6.07) is 0. The zero-order valence-corrected chi connectivity index (χ0v) is 8.36. The van der Waals surface area contributed by atoms with Crippen molar-refractivity contribution in [1.82, 2.24) is 5.48 Å². The monoisotopic (exact) mass is 171 g/mol. The van der Waals surface area contributed by atoms with Crippen LogP contribution in [0.5, 0.6) is 0 Å². The lowest BCUT2D eigenvalue weighted by Crippen LogP contribution is -2.16. The second-order valence-corrected chi connectivity index (χ2v) is 3.20. The first-order chi connectivity index (χ1) is 5.77. The summed E-state index contributed by atoms with van der Waals surface area (Å²) in [4.78, 5) is 5.13. The Kier molecular flexibility index (Phi) is 8.51. The SMILES string of the molecule is C=C(C)CONCCCCCC. The molecular formula is C10H21NO. The molecule has 72 valence electrons. The molecule has 2 nitrogen and oxygen atoms in total. The quantitative estimate of drug-likeness (QED) is 0.344. The zero-order chi connectivity index (χ0) is 9.23. The van der Waals surface area contributed by atoms with E-state index in [9.17, 15) is 0 Å². The van der Waals surface area contributed by atoms with Gasteiger partial charge >= 0.3 is 0 Å². The molecule has 2 heteroatoms. The Balaban J connectivity index is 2.86. The number of unbranched alkanes of at least 4 members (excludes halogenated alkanes) is 3. The van der Waals surface area contributed by atoms with Gasteiger partial charge in [0, 0.05) is 6.54 Å². The molecule has 0 aromatic heterocycles. The highest BCUT2D eigenvalue weighted by Crippen LogP contribution is 1.96. The molecule has 0 aromatic rings. The van der Waals surface area contributed by atoms with Crippen LogP contribution in [0.15, 0.2) is 12.2 Å². The molecule has 0 aromatic carbocycles. The first kappa shape index (κ1) is 11.7. The Hall–Kier alpha value is -0.340. The van der Waals surface area contributed by atoms with E-state index in [0.717, 1.165) is 12.1 Å². The van der Waals surface area contributed by atoms with Gasteiger partial charge in [0.05, 0.1) is 6.61 Å². The predicted octanol–water partition coefficient (Wildman–Crippen LogP) is 2.66. The Morgan fingerprint density at radius 1 is 1.33 bits per heavy atom. The molecule has 0 radical (unpaired) electrons. The summed E-state index contributed by atoms with van der Waals surface area (Å²) in [6.07, 6.45) is 5.10. The summed E-state index contributed by atoms with van der Waals surface area (Å²) in [5.74, 6) is 0. The van der Waals surface area contributed by atoms with Crippen LogP contribution in [0.25, 0.3) is 0 Å². The molecule has 0 fully saturated rings. The zero-order valence-electron chi connectivity index (χ0n) is 8.36. The Morgan fingerprint density at radius 2 is 2.08 bits per heavy atom. The van der Waals surface area contributed by atoms with Crippen LogP contribution in [-0.4, -0.2) is 13.2 Å². The van der Waals surface area contributed by atoms with Crippen LogP contribution in [0, 0.1) is 0 Å². The maximum absolute atomic E-state index is 5.13. The van der Waals surface area contributed by atoms with Crippen LogP contribution < -0.4 is 5.48 Å². The molecule has 0 saturated heterocycles. The number of hydrogen-bond donors (Lipinski definition) is 1. The fourth-order valence-electron chi connectivity index (χ4n) is 0.870.